The molecule has 0 aromatic rings. The molecule has 1 nitrogen and oxygen atoms in total. The Bertz CT molecular complexity index is 629. The van der Waals surface area contributed by atoms with Gasteiger partial charge in [-0.15, -0.1) is 0 Å². The van der Waals surface area contributed by atoms with Gasteiger partial charge in [0, 0.05) is 12.2 Å². The number of carbonyl (C=O) groups excluding carboxylic acids is 1. The molecule has 0 saturated carbocycles. The van der Waals surface area contributed by atoms with Crippen LogP contribution in [0.15, 0.2) is 71.9 Å². The first kappa shape index (κ1) is 13.7. The van der Waals surface area contributed by atoms with Crippen molar-refractivity contribution >= 4 is 5.78 Å². The minimum atomic E-state index is 0.453. The molecule has 1 aliphatic carbocycles. The molecule has 0 aromatic heterocycles. The quantitative estimate of drug-likeness (QED) is 0.469. The molecular weight excluding hydrogens is 244 g/mol. The van der Waals surface area contributed by atoms with E-state index in [1.165, 1.54) is 0 Å². The van der Waals surface area contributed by atoms with Gasteiger partial charge in [0.25, 0.3) is 0 Å². The fourth-order valence-corrected chi connectivity index (χ4v) is 1.23. The highest BCUT2D eigenvalue weighted by atomic mass is 16.1. The summed E-state index contributed by atoms with van der Waals surface area (Å²) in [5.74, 6) is 12.0. The van der Waals surface area contributed by atoms with E-state index in [2.05, 4.69) is 28.5 Å². The molecule has 0 heterocycles. The molecule has 0 saturated heterocycles. The zero-order valence-electron chi connectivity index (χ0n) is 12.7. The first-order valence-electron chi connectivity index (χ1n) is 6.68. The van der Waals surface area contributed by atoms with Crippen molar-refractivity contribution in [2.24, 2.45) is 0 Å². The largest absolute Gasteiger partial charge is 0.686 e. The number of hydrogen-bond acceptors (Lipinski definition) is 0. The van der Waals surface area contributed by atoms with Gasteiger partial charge in [0.1, 0.15) is 0 Å². The maximum Gasteiger partial charge on any atom is 0.686 e. The lowest BCUT2D eigenvalue weighted by atomic mass is 10.2. The van der Waals surface area contributed by atoms with Crippen molar-refractivity contribution in [1.29, 1.82) is 0 Å². The Hall–Kier alpha value is -2.77. The summed E-state index contributed by atoms with van der Waals surface area (Å²) in [5, 5.41) is 0. The Kier molecular flexibility index (Phi) is 6.28. The van der Waals surface area contributed by atoms with Gasteiger partial charge in [0.05, 0.1) is 0 Å². The fourth-order valence-electron chi connectivity index (χ4n) is 1.23. The Balaban J connectivity index is 3.08. The van der Waals surface area contributed by atoms with Gasteiger partial charge in [0.2, 0.25) is 0 Å². The number of allylic oxidation sites excluding steroid dienone is 12. The lowest BCUT2D eigenvalue weighted by molar-refractivity contribution is 0.684. The van der Waals surface area contributed by atoms with Gasteiger partial charge in [-0.1, -0.05) is 60.4 Å². The van der Waals surface area contributed by atoms with E-state index in [0.29, 0.717) is 5.78 Å². The van der Waals surface area contributed by atoms with E-state index in [1.807, 2.05) is 50.3 Å². The number of rotatable bonds is 0. The van der Waals surface area contributed by atoms with Crippen molar-refractivity contribution in [1.82, 2.24) is 0 Å². The standard InChI is InChI=1S/C19H16O/c1-17-11-5-3-7-15-19(20)16-8-4-6-12-18(2)14-10-9-13-17/h3-8,11-12,15-16H,1-2H3/p+1/b5-3+,6-4+,15-7+,16-8+,17-11-,18-12-/i/hD. The zero-order valence-corrected chi connectivity index (χ0v) is 11.7. The van der Waals surface area contributed by atoms with Crippen molar-refractivity contribution in [2.75, 3.05) is 0 Å². The molecule has 1 heteroatoms. The highest BCUT2D eigenvalue weighted by Gasteiger charge is 1.92. The third-order valence-electron chi connectivity index (χ3n) is 2.24. The molecule has 98 valence electrons. The van der Waals surface area contributed by atoms with Crippen LogP contribution in [0.4, 0.5) is 0 Å². The average Bonchev–Trinajstić information content (AvgIpc) is 2.48. The van der Waals surface area contributed by atoms with Gasteiger partial charge in [-0.05, 0) is 36.8 Å². The second-order valence-electron chi connectivity index (χ2n) is 4.09. The van der Waals surface area contributed by atoms with E-state index < -0.39 is 0 Å². The van der Waals surface area contributed by atoms with E-state index >= 15 is 0 Å². The van der Waals surface area contributed by atoms with Gasteiger partial charge in [-0.25, -0.2) is 0 Å². The van der Waals surface area contributed by atoms with Gasteiger partial charge in [-0.2, -0.15) is 0 Å². The van der Waals surface area contributed by atoms with Crippen LogP contribution in [0.3, 0.4) is 0 Å². The summed E-state index contributed by atoms with van der Waals surface area (Å²) in [4.78, 5) is 4.51. The lowest BCUT2D eigenvalue weighted by Crippen LogP contribution is -1.83. The summed E-state index contributed by atoms with van der Waals surface area (Å²) in [5.41, 5.74) is 1.86. The molecule has 0 bridgehead atoms. The summed E-state index contributed by atoms with van der Waals surface area (Å²) >= 11 is 0. The highest BCUT2D eigenvalue weighted by Crippen LogP contribution is 1.93. The summed E-state index contributed by atoms with van der Waals surface area (Å²) in [6, 6.07) is 0. The van der Waals surface area contributed by atoms with Crippen LogP contribution in [0, 0.1) is 23.7 Å². The monoisotopic (exact) mass is 262 g/mol. The molecule has 0 amide bonds. The van der Waals surface area contributed by atoms with E-state index in [1.54, 1.807) is 24.3 Å². The number of ketones is 1. The van der Waals surface area contributed by atoms with Crippen molar-refractivity contribution in [3.63, 3.8) is 0 Å². The van der Waals surface area contributed by atoms with Crippen LogP contribution < -0.4 is 0 Å². The van der Waals surface area contributed by atoms with Crippen LogP contribution in [-0.2, 0) is 0 Å². The molecule has 0 radical (unpaired) electrons. The van der Waals surface area contributed by atoms with Crippen LogP contribution in [-0.4, -0.2) is 10.6 Å². The molecule has 0 unspecified atom stereocenters. The van der Waals surface area contributed by atoms with E-state index in [0.717, 1.165) is 11.1 Å². The van der Waals surface area contributed by atoms with Crippen molar-refractivity contribution in [3.8, 4) is 23.7 Å². The molecule has 1 N–H and O–H groups in total. The maximum atomic E-state index is 6.98. The first-order valence-corrected chi connectivity index (χ1v) is 6.28. The topological polar surface area (TPSA) is 21.4 Å². The third kappa shape index (κ3) is 7.54. The molecule has 0 fully saturated rings. The van der Waals surface area contributed by atoms with Crippen LogP contribution in [0.1, 0.15) is 15.3 Å². The maximum absolute atomic E-state index is 6.98. The lowest BCUT2D eigenvalue weighted by Gasteiger charge is -1.81. The smallest absolute Gasteiger partial charge is 0.274 e. The second-order valence-corrected chi connectivity index (χ2v) is 4.09. The molecule has 1 rings (SSSR count). The summed E-state index contributed by atoms with van der Waals surface area (Å²) in [6.07, 6.45) is 18.3. The highest BCUT2D eigenvalue weighted by molar-refractivity contribution is 6.00. The first-order chi connectivity index (χ1) is 10.2. The molecular formula is C19H17O+. The molecule has 0 atom stereocenters. The van der Waals surface area contributed by atoms with Crippen molar-refractivity contribution in [3.05, 3.63) is 71.9 Å². The second kappa shape index (κ2) is 9.20. The van der Waals surface area contributed by atoms with Crippen LogP contribution in [0.2, 0.25) is 0 Å². The minimum Gasteiger partial charge on any atom is -0.274 e. The predicted octanol–water partition coefficient (Wildman–Crippen LogP) is 3.67. The summed E-state index contributed by atoms with van der Waals surface area (Å²) < 4.78 is 6.98. The Morgan fingerprint density at radius 2 is 1.30 bits per heavy atom. The molecule has 0 aliphatic heterocycles. The van der Waals surface area contributed by atoms with Gasteiger partial charge < -0.3 is 0 Å². The van der Waals surface area contributed by atoms with Gasteiger partial charge in [0.15, 0.2) is 0 Å². The average molecular weight is 262 g/mol. The Labute approximate surface area is 122 Å². The van der Waals surface area contributed by atoms with Gasteiger partial charge in [-0.3, -0.25) is 4.80 Å². The third-order valence-corrected chi connectivity index (χ3v) is 2.24. The summed E-state index contributed by atoms with van der Waals surface area (Å²) in [6.45, 7) is 3.85. The minimum absolute atomic E-state index is 0.453. The fraction of sp³-hybridized carbons (Fsp3) is 0.105. The summed E-state index contributed by atoms with van der Waals surface area (Å²) in [7, 11) is 0. The van der Waals surface area contributed by atoms with Crippen LogP contribution in [0.25, 0.3) is 0 Å². The Morgan fingerprint density at radius 1 is 0.800 bits per heavy atom. The molecule has 0 aromatic carbocycles. The van der Waals surface area contributed by atoms with E-state index in [9.17, 15) is 0 Å². The molecule has 20 heavy (non-hydrogen) atoms. The van der Waals surface area contributed by atoms with Crippen LogP contribution in [0.5, 0.6) is 0 Å². The molecule has 1 aliphatic rings. The van der Waals surface area contributed by atoms with Crippen molar-refractivity contribution in [2.45, 2.75) is 13.8 Å². The number of hydrogen-bond donors (Lipinski definition) is 0. The van der Waals surface area contributed by atoms with E-state index in [4.69, 9.17) is 1.43 Å². The van der Waals surface area contributed by atoms with Crippen LogP contribution >= 0.6 is 0 Å². The molecule has 0 spiro atoms. The zero-order chi connectivity index (χ0) is 15.3. The predicted molar refractivity (Wildman–Crippen MR) is 86.6 cm³/mol. The van der Waals surface area contributed by atoms with Crippen molar-refractivity contribution < 1.29 is 6.23 Å². The van der Waals surface area contributed by atoms with Gasteiger partial charge >= 0.3 is 7.21 Å². The normalized spacial score (nSPS) is 27.5. The van der Waals surface area contributed by atoms with E-state index in [-0.39, 0.29) is 0 Å². The Morgan fingerprint density at radius 3 is 1.75 bits per heavy atom. The SMILES string of the molecule is [2H][O+]=C1/C=C/C=C/C=C(/C)C#CC#C\C(C)=C/C=C/C=C/1.